The molecule has 3 rings (SSSR count). The number of fused-ring (bicyclic) bond motifs is 1. The summed E-state index contributed by atoms with van der Waals surface area (Å²) in [6.07, 6.45) is 11.3. The largest absolute Gasteiger partial charge is 0.380 e. The Hall–Kier alpha value is -1.88. The molecule has 5 heteroatoms. The van der Waals surface area contributed by atoms with E-state index in [1.165, 1.54) is 5.57 Å². The Morgan fingerprint density at radius 3 is 2.87 bits per heavy atom. The number of allylic oxidation sites excluding steroid dienone is 2. The van der Waals surface area contributed by atoms with Gasteiger partial charge in [0.05, 0.1) is 11.2 Å². The summed E-state index contributed by atoms with van der Waals surface area (Å²) in [5.41, 5.74) is 3.23. The number of anilines is 2. The number of rotatable bonds is 5. The standard InChI is InChI=1S/C18H20BrN4/c1-12(2)23-18-14-8-15(19)17(9-16(14)21-11-22-18)20-10-13-6-4-3-5-7-13/h4-9,11-12,20H,3,10H2,1-2H3,(H,21,22,23). The molecule has 2 aromatic rings. The molecule has 0 aliphatic heterocycles. The third-order valence-corrected chi connectivity index (χ3v) is 4.22. The minimum absolute atomic E-state index is 0.325. The van der Waals surface area contributed by atoms with Crippen LogP contribution in [0.15, 0.2) is 46.7 Å². The first kappa shape index (κ1) is 16.0. The SMILES string of the molecule is CC(C)Nc1ncnc2cc(NCC3=C[CH]CC=C3)c(Br)cc12. The third kappa shape index (κ3) is 3.91. The van der Waals surface area contributed by atoms with Crippen LogP contribution in [0.3, 0.4) is 0 Å². The summed E-state index contributed by atoms with van der Waals surface area (Å²) < 4.78 is 1.01. The quantitative estimate of drug-likeness (QED) is 0.798. The van der Waals surface area contributed by atoms with E-state index >= 15 is 0 Å². The van der Waals surface area contributed by atoms with Crippen molar-refractivity contribution in [2.45, 2.75) is 26.3 Å². The molecular weight excluding hydrogens is 352 g/mol. The molecule has 1 radical (unpaired) electrons. The van der Waals surface area contributed by atoms with Gasteiger partial charge in [-0.3, -0.25) is 0 Å². The summed E-state index contributed by atoms with van der Waals surface area (Å²) in [5, 5.41) is 7.85. The van der Waals surface area contributed by atoms with Crippen molar-refractivity contribution in [1.82, 2.24) is 9.97 Å². The van der Waals surface area contributed by atoms with Crippen molar-refractivity contribution in [3.8, 4) is 0 Å². The molecule has 1 aliphatic rings. The lowest BCUT2D eigenvalue weighted by Gasteiger charge is -2.14. The van der Waals surface area contributed by atoms with Gasteiger partial charge in [-0.2, -0.15) is 0 Å². The van der Waals surface area contributed by atoms with Gasteiger partial charge in [-0.05, 0) is 60.3 Å². The fraction of sp³-hybridized carbons (Fsp3) is 0.278. The van der Waals surface area contributed by atoms with Crippen molar-refractivity contribution in [3.05, 3.63) is 53.2 Å². The van der Waals surface area contributed by atoms with Crippen LogP contribution in [0.5, 0.6) is 0 Å². The van der Waals surface area contributed by atoms with Crippen LogP contribution in [0, 0.1) is 6.42 Å². The fourth-order valence-corrected chi connectivity index (χ4v) is 2.97. The number of aromatic nitrogens is 2. The maximum Gasteiger partial charge on any atom is 0.137 e. The van der Waals surface area contributed by atoms with E-state index in [0.717, 1.165) is 39.8 Å². The second-order valence-electron chi connectivity index (χ2n) is 5.84. The predicted molar refractivity (Wildman–Crippen MR) is 101 cm³/mol. The van der Waals surface area contributed by atoms with E-state index in [0.29, 0.717) is 6.04 Å². The van der Waals surface area contributed by atoms with Gasteiger partial charge in [0.1, 0.15) is 12.1 Å². The molecule has 0 unspecified atom stereocenters. The Morgan fingerprint density at radius 2 is 2.13 bits per heavy atom. The van der Waals surface area contributed by atoms with E-state index < -0.39 is 0 Å². The smallest absolute Gasteiger partial charge is 0.137 e. The summed E-state index contributed by atoms with van der Waals surface area (Å²) in [7, 11) is 0. The first-order chi connectivity index (χ1) is 11.1. The number of nitrogens with one attached hydrogen (secondary N) is 2. The average molecular weight is 372 g/mol. The van der Waals surface area contributed by atoms with Crippen molar-refractivity contribution in [1.29, 1.82) is 0 Å². The highest BCUT2D eigenvalue weighted by molar-refractivity contribution is 9.10. The van der Waals surface area contributed by atoms with Crippen LogP contribution in [0.4, 0.5) is 11.5 Å². The van der Waals surface area contributed by atoms with Crippen molar-refractivity contribution in [2.75, 3.05) is 17.2 Å². The molecule has 0 saturated carbocycles. The molecule has 1 aromatic carbocycles. The highest BCUT2D eigenvalue weighted by atomic mass is 79.9. The lowest BCUT2D eigenvalue weighted by Crippen LogP contribution is -2.11. The fourth-order valence-electron chi connectivity index (χ4n) is 2.49. The van der Waals surface area contributed by atoms with Gasteiger partial charge >= 0.3 is 0 Å². The molecule has 119 valence electrons. The van der Waals surface area contributed by atoms with Crippen molar-refractivity contribution >= 4 is 38.3 Å². The van der Waals surface area contributed by atoms with Crippen LogP contribution in [0.2, 0.25) is 0 Å². The minimum atomic E-state index is 0.325. The van der Waals surface area contributed by atoms with Crippen LogP contribution in [0.25, 0.3) is 10.9 Å². The number of benzene rings is 1. The van der Waals surface area contributed by atoms with Gasteiger partial charge in [0.15, 0.2) is 0 Å². The minimum Gasteiger partial charge on any atom is -0.380 e. The lowest BCUT2D eigenvalue weighted by atomic mass is 10.1. The molecule has 4 nitrogen and oxygen atoms in total. The number of hydrogen-bond donors (Lipinski definition) is 2. The highest BCUT2D eigenvalue weighted by Crippen LogP contribution is 2.31. The predicted octanol–water partition coefficient (Wildman–Crippen LogP) is 4.72. The Morgan fingerprint density at radius 1 is 1.26 bits per heavy atom. The second kappa shape index (κ2) is 7.13. The normalized spacial score (nSPS) is 14.2. The van der Waals surface area contributed by atoms with Gasteiger partial charge in [-0.25, -0.2) is 9.97 Å². The Labute approximate surface area is 145 Å². The van der Waals surface area contributed by atoms with Crippen LogP contribution >= 0.6 is 15.9 Å². The summed E-state index contributed by atoms with van der Waals surface area (Å²) in [6.45, 7) is 4.99. The van der Waals surface area contributed by atoms with E-state index in [9.17, 15) is 0 Å². The van der Waals surface area contributed by atoms with E-state index in [4.69, 9.17) is 0 Å². The summed E-state index contributed by atoms with van der Waals surface area (Å²) in [6, 6.07) is 4.45. The number of nitrogens with zero attached hydrogens (tertiary/aromatic N) is 2. The van der Waals surface area contributed by atoms with Gasteiger partial charge < -0.3 is 10.6 Å². The molecule has 0 amide bonds. The van der Waals surface area contributed by atoms with Crippen molar-refractivity contribution < 1.29 is 0 Å². The van der Waals surface area contributed by atoms with Crippen LogP contribution in [-0.2, 0) is 0 Å². The zero-order chi connectivity index (χ0) is 16.2. The van der Waals surface area contributed by atoms with Gasteiger partial charge in [0.2, 0.25) is 0 Å². The van der Waals surface area contributed by atoms with Crippen molar-refractivity contribution in [3.63, 3.8) is 0 Å². The van der Waals surface area contributed by atoms with E-state index in [1.807, 2.05) is 0 Å². The van der Waals surface area contributed by atoms with E-state index in [1.54, 1.807) is 6.33 Å². The molecule has 1 aliphatic carbocycles. The van der Waals surface area contributed by atoms with Gasteiger partial charge in [0, 0.05) is 22.4 Å². The Balaban J connectivity index is 1.86. The zero-order valence-corrected chi connectivity index (χ0v) is 14.9. The molecule has 23 heavy (non-hydrogen) atoms. The second-order valence-corrected chi connectivity index (χ2v) is 6.69. The van der Waals surface area contributed by atoms with E-state index in [2.05, 4.69) is 87.2 Å². The molecule has 0 fully saturated rings. The Bertz CT molecular complexity index is 765. The summed E-state index contributed by atoms with van der Waals surface area (Å²) in [4.78, 5) is 8.75. The summed E-state index contributed by atoms with van der Waals surface area (Å²) in [5.74, 6) is 0.866. The molecular formula is C18H20BrN4. The molecule has 0 spiro atoms. The molecule has 2 N–H and O–H groups in total. The number of halogens is 1. The van der Waals surface area contributed by atoms with E-state index in [-0.39, 0.29) is 0 Å². The summed E-state index contributed by atoms with van der Waals surface area (Å²) >= 11 is 3.65. The first-order valence-electron chi connectivity index (χ1n) is 7.77. The Kier molecular flexibility index (Phi) is 4.96. The zero-order valence-electron chi connectivity index (χ0n) is 13.3. The van der Waals surface area contributed by atoms with Gasteiger partial charge in [-0.15, -0.1) is 0 Å². The molecule has 0 atom stereocenters. The highest BCUT2D eigenvalue weighted by Gasteiger charge is 2.09. The van der Waals surface area contributed by atoms with Crippen LogP contribution in [0.1, 0.15) is 20.3 Å². The van der Waals surface area contributed by atoms with Gasteiger partial charge in [-0.1, -0.05) is 18.2 Å². The molecule has 1 heterocycles. The lowest BCUT2D eigenvalue weighted by molar-refractivity contribution is 0.890. The maximum atomic E-state index is 4.40. The number of hydrogen-bond acceptors (Lipinski definition) is 4. The molecule has 0 saturated heterocycles. The first-order valence-corrected chi connectivity index (χ1v) is 8.56. The topological polar surface area (TPSA) is 49.8 Å². The third-order valence-electron chi connectivity index (χ3n) is 3.57. The maximum absolute atomic E-state index is 4.40. The van der Waals surface area contributed by atoms with Crippen LogP contribution < -0.4 is 10.6 Å². The van der Waals surface area contributed by atoms with Crippen LogP contribution in [-0.4, -0.2) is 22.6 Å². The monoisotopic (exact) mass is 371 g/mol. The average Bonchev–Trinajstić information content (AvgIpc) is 2.54. The van der Waals surface area contributed by atoms with Gasteiger partial charge in [0.25, 0.3) is 0 Å². The van der Waals surface area contributed by atoms with Crippen molar-refractivity contribution in [2.24, 2.45) is 0 Å². The molecule has 0 bridgehead atoms. The molecule has 1 aromatic heterocycles.